The Bertz CT molecular complexity index is 805. The summed E-state index contributed by atoms with van der Waals surface area (Å²) in [6.07, 6.45) is 1.45. The van der Waals surface area contributed by atoms with E-state index in [-0.39, 0.29) is 16.4 Å². The minimum Gasteiger partial charge on any atom is -0.478 e. The highest BCUT2D eigenvalue weighted by Gasteiger charge is 2.04. The zero-order valence-corrected chi connectivity index (χ0v) is 13.0. The Hall–Kier alpha value is -3.33. The summed E-state index contributed by atoms with van der Waals surface area (Å²) in [5.41, 5.74) is 3.87. The average molecular weight is 344 g/mol. The minimum absolute atomic E-state index is 0.00407. The number of nitro benzene ring substituents is 1. The molecule has 0 amide bonds. The number of hydrogen-bond donors (Lipinski definition) is 3. The van der Waals surface area contributed by atoms with E-state index < -0.39 is 10.9 Å². The number of hydrogen-bond acceptors (Lipinski definition) is 5. The number of rotatable bonds is 5. The zero-order chi connectivity index (χ0) is 17.5. The molecule has 0 aliphatic carbocycles. The molecule has 2 aromatic carbocycles. The van der Waals surface area contributed by atoms with E-state index in [0.29, 0.717) is 11.3 Å². The van der Waals surface area contributed by atoms with Crippen LogP contribution in [0, 0.1) is 10.1 Å². The molecule has 0 spiro atoms. The molecule has 0 atom stereocenters. The van der Waals surface area contributed by atoms with Crippen LogP contribution in [0.5, 0.6) is 0 Å². The third-order valence-corrected chi connectivity index (χ3v) is 3.04. The predicted octanol–water partition coefficient (Wildman–Crippen LogP) is 2.61. The van der Waals surface area contributed by atoms with Gasteiger partial charge in [-0.1, -0.05) is 6.07 Å². The fourth-order valence-electron chi connectivity index (χ4n) is 1.74. The van der Waals surface area contributed by atoms with Crippen molar-refractivity contribution in [3.05, 3.63) is 69.8 Å². The van der Waals surface area contributed by atoms with Gasteiger partial charge >= 0.3 is 5.97 Å². The van der Waals surface area contributed by atoms with Gasteiger partial charge in [-0.25, -0.2) is 4.79 Å². The molecule has 0 unspecified atom stereocenters. The Kier molecular flexibility index (Phi) is 5.53. The number of carboxylic acid groups (broad SMARTS) is 1. The van der Waals surface area contributed by atoms with Crippen LogP contribution in [0.3, 0.4) is 0 Å². The Labute approximate surface area is 142 Å². The first-order chi connectivity index (χ1) is 11.5. The second-order valence-corrected chi connectivity index (χ2v) is 4.97. The third kappa shape index (κ3) is 4.85. The highest BCUT2D eigenvalue weighted by Crippen LogP contribution is 2.11. The van der Waals surface area contributed by atoms with E-state index >= 15 is 0 Å². The number of nitrogens with one attached hydrogen (secondary N) is 2. The maximum atomic E-state index is 10.9. The van der Waals surface area contributed by atoms with Crippen molar-refractivity contribution >= 4 is 40.9 Å². The first-order valence-electron chi connectivity index (χ1n) is 6.63. The highest BCUT2D eigenvalue weighted by atomic mass is 32.1. The molecule has 2 aromatic rings. The number of carboxylic acids is 1. The van der Waals surface area contributed by atoms with Crippen LogP contribution in [0.1, 0.15) is 15.9 Å². The number of carbonyl (C=O) groups is 1. The van der Waals surface area contributed by atoms with Crippen molar-refractivity contribution < 1.29 is 14.8 Å². The van der Waals surface area contributed by atoms with Gasteiger partial charge in [0.25, 0.3) is 5.69 Å². The SMILES string of the molecule is O=C(O)c1cccc(NC(=S)N/N=C/c2ccc([N+](=O)[O-])cc2)c1. The van der Waals surface area contributed by atoms with Crippen LogP contribution in [0.2, 0.25) is 0 Å². The molecule has 122 valence electrons. The summed E-state index contributed by atoms with van der Waals surface area (Å²) >= 11 is 5.04. The van der Waals surface area contributed by atoms with Crippen molar-refractivity contribution in [2.24, 2.45) is 5.10 Å². The lowest BCUT2D eigenvalue weighted by molar-refractivity contribution is -0.384. The smallest absolute Gasteiger partial charge is 0.335 e. The topological polar surface area (TPSA) is 117 Å². The number of aromatic carboxylic acids is 1. The highest BCUT2D eigenvalue weighted by molar-refractivity contribution is 7.80. The second-order valence-electron chi connectivity index (χ2n) is 4.56. The minimum atomic E-state index is -1.03. The molecule has 0 fully saturated rings. The van der Waals surface area contributed by atoms with Crippen LogP contribution in [0.25, 0.3) is 0 Å². The summed E-state index contributed by atoms with van der Waals surface area (Å²) in [6, 6.07) is 12.0. The van der Waals surface area contributed by atoms with Gasteiger partial charge in [0.05, 0.1) is 16.7 Å². The van der Waals surface area contributed by atoms with Crippen LogP contribution in [-0.2, 0) is 0 Å². The van der Waals surface area contributed by atoms with Crippen molar-refractivity contribution in [1.29, 1.82) is 0 Å². The first-order valence-corrected chi connectivity index (χ1v) is 7.04. The van der Waals surface area contributed by atoms with Crippen molar-refractivity contribution in [1.82, 2.24) is 5.43 Å². The number of hydrazone groups is 1. The monoisotopic (exact) mass is 344 g/mol. The van der Waals surface area contributed by atoms with Crippen molar-refractivity contribution in [2.75, 3.05) is 5.32 Å². The standard InChI is InChI=1S/C15H12N4O4S/c20-14(21)11-2-1-3-12(8-11)17-15(24)18-16-9-10-4-6-13(7-5-10)19(22)23/h1-9H,(H,20,21)(H2,17,18,24)/b16-9+. The van der Waals surface area contributed by atoms with Crippen molar-refractivity contribution in [3.63, 3.8) is 0 Å². The van der Waals surface area contributed by atoms with E-state index in [1.54, 1.807) is 24.3 Å². The number of anilines is 1. The van der Waals surface area contributed by atoms with Crippen molar-refractivity contribution in [3.8, 4) is 0 Å². The van der Waals surface area contributed by atoms with Gasteiger partial charge in [0, 0.05) is 17.8 Å². The molecule has 8 nitrogen and oxygen atoms in total. The molecule has 0 saturated carbocycles. The van der Waals surface area contributed by atoms with E-state index in [1.165, 1.54) is 30.5 Å². The lowest BCUT2D eigenvalue weighted by Gasteiger charge is -2.07. The molecule has 0 aromatic heterocycles. The molecule has 0 heterocycles. The number of nitrogens with zero attached hydrogens (tertiary/aromatic N) is 2. The molecule has 0 radical (unpaired) electrons. The van der Waals surface area contributed by atoms with Crippen LogP contribution >= 0.6 is 12.2 Å². The second kappa shape index (κ2) is 7.79. The summed E-state index contributed by atoms with van der Waals surface area (Å²) in [5, 5.41) is 26.4. The molecule has 3 N–H and O–H groups in total. The van der Waals surface area contributed by atoms with E-state index in [1.807, 2.05) is 0 Å². The lowest BCUT2D eigenvalue weighted by Crippen LogP contribution is -2.24. The summed E-state index contributed by atoms with van der Waals surface area (Å²) in [4.78, 5) is 21.0. The molecule has 0 aliphatic heterocycles. The van der Waals surface area contributed by atoms with Gasteiger partial charge in [-0.05, 0) is 48.1 Å². The normalized spacial score (nSPS) is 10.3. The van der Waals surface area contributed by atoms with Gasteiger partial charge in [-0.2, -0.15) is 5.10 Å². The number of non-ortho nitro benzene ring substituents is 1. The van der Waals surface area contributed by atoms with Crippen LogP contribution in [0.4, 0.5) is 11.4 Å². The molecule has 0 aliphatic rings. The van der Waals surface area contributed by atoms with Crippen molar-refractivity contribution in [2.45, 2.75) is 0 Å². The van der Waals surface area contributed by atoms with E-state index in [2.05, 4.69) is 15.8 Å². The predicted molar refractivity (Wildman–Crippen MR) is 93.4 cm³/mol. The third-order valence-electron chi connectivity index (χ3n) is 2.85. The molecule has 0 saturated heterocycles. The first kappa shape index (κ1) is 17.0. The van der Waals surface area contributed by atoms with Gasteiger partial charge < -0.3 is 10.4 Å². The number of thiocarbonyl (C=S) groups is 1. The molecule has 24 heavy (non-hydrogen) atoms. The van der Waals surface area contributed by atoms with Gasteiger partial charge in [0.1, 0.15) is 0 Å². The average Bonchev–Trinajstić information content (AvgIpc) is 2.55. The fourth-order valence-corrected chi connectivity index (χ4v) is 1.91. The number of nitro groups is 1. The maximum Gasteiger partial charge on any atom is 0.335 e. The van der Waals surface area contributed by atoms with Crippen LogP contribution in [0.15, 0.2) is 53.6 Å². The van der Waals surface area contributed by atoms with Gasteiger partial charge in [-0.15, -0.1) is 0 Å². The largest absolute Gasteiger partial charge is 0.478 e. The molecular formula is C15H12N4O4S. The van der Waals surface area contributed by atoms with E-state index in [0.717, 1.165) is 0 Å². The molecule has 0 bridgehead atoms. The maximum absolute atomic E-state index is 10.9. The molecule has 2 rings (SSSR count). The quantitative estimate of drug-likeness (QED) is 0.330. The summed E-state index contributed by atoms with van der Waals surface area (Å²) in [5.74, 6) is -1.03. The fraction of sp³-hybridized carbons (Fsp3) is 0. The van der Waals surface area contributed by atoms with E-state index in [9.17, 15) is 14.9 Å². The van der Waals surface area contributed by atoms with E-state index in [4.69, 9.17) is 17.3 Å². The Balaban J connectivity index is 1.92. The van der Waals surface area contributed by atoms with Crippen LogP contribution < -0.4 is 10.7 Å². The molecule has 9 heteroatoms. The summed E-state index contributed by atoms with van der Waals surface area (Å²) < 4.78 is 0. The van der Waals surface area contributed by atoms with Crippen LogP contribution in [-0.4, -0.2) is 27.3 Å². The van der Waals surface area contributed by atoms with Gasteiger partial charge in [-0.3, -0.25) is 15.5 Å². The zero-order valence-electron chi connectivity index (χ0n) is 12.2. The lowest BCUT2D eigenvalue weighted by atomic mass is 10.2. The molecular weight excluding hydrogens is 332 g/mol. The number of benzene rings is 2. The Morgan fingerprint density at radius 3 is 2.58 bits per heavy atom. The Morgan fingerprint density at radius 1 is 1.25 bits per heavy atom. The van der Waals surface area contributed by atoms with Gasteiger partial charge in [0.2, 0.25) is 0 Å². The summed E-state index contributed by atoms with van der Waals surface area (Å²) in [6.45, 7) is 0. The summed E-state index contributed by atoms with van der Waals surface area (Å²) in [7, 11) is 0. The van der Waals surface area contributed by atoms with Gasteiger partial charge in [0.15, 0.2) is 5.11 Å². The Morgan fingerprint density at radius 2 is 1.96 bits per heavy atom.